The fraction of sp³-hybridized carbons (Fsp3) is 0.686. The highest BCUT2D eigenvalue weighted by Crippen LogP contribution is 2.23. The van der Waals surface area contributed by atoms with Crippen molar-refractivity contribution in [2.24, 2.45) is 5.92 Å². The molecule has 252 valence electrons. The third kappa shape index (κ3) is 18.6. The molecule has 1 rings (SSSR count). The maximum absolute atomic E-state index is 13.1. The van der Waals surface area contributed by atoms with E-state index < -0.39 is 60.7 Å². The molecule has 0 aliphatic carbocycles. The highest BCUT2D eigenvalue weighted by molar-refractivity contribution is 5.73. The number of aliphatic hydroxyl groups excluding tert-OH is 7. The van der Waals surface area contributed by atoms with Crippen LogP contribution in [0.2, 0.25) is 0 Å². The van der Waals surface area contributed by atoms with Crippen molar-refractivity contribution in [3.63, 3.8) is 0 Å². The van der Waals surface area contributed by atoms with Crippen molar-refractivity contribution >= 4 is 5.97 Å². The van der Waals surface area contributed by atoms with Gasteiger partial charge in [0.05, 0.1) is 48.6 Å². The molecular formula is C35H58O9. The number of aliphatic hydroxyl groups is 7. The molecule has 0 aromatic rings. The topological polar surface area (TPSA) is 168 Å². The van der Waals surface area contributed by atoms with Crippen molar-refractivity contribution in [2.75, 3.05) is 0 Å². The molecule has 9 heteroatoms. The number of carbonyl (C=O) groups excluding carboxylic acids is 1. The van der Waals surface area contributed by atoms with Crippen LogP contribution in [0.25, 0.3) is 0 Å². The molecule has 0 spiro atoms. The van der Waals surface area contributed by atoms with E-state index in [4.69, 9.17) is 4.74 Å². The standard InChI is InChI=1S/C35H58O9/c1-4-5-6-15-18-32-34(42)24-31(40)22-29(38)20-27(36)19-28(37)21-30(39)23-33(41)25(2)16-13-11-9-7-8-10-12-14-17-26(3)44-35(32)43/h7-14,16,26-34,36-42H,4-6,15,17-24H2,1-3H3/b9-7+,10-8+,13-11+,14-12+,25-16+/t26-,27+,28-,29+,30-,31+,32-,33+,34+/m1/s1. The molecule has 0 saturated heterocycles. The van der Waals surface area contributed by atoms with Gasteiger partial charge in [0, 0.05) is 19.3 Å². The van der Waals surface area contributed by atoms with Crippen LogP contribution in [0.15, 0.2) is 60.3 Å². The zero-order chi connectivity index (χ0) is 32.9. The Hall–Kier alpha value is -2.11. The lowest BCUT2D eigenvalue weighted by molar-refractivity contribution is -0.158. The number of carbonyl (C=O) groups is 1. The summed E-state index contributed by atoms with van der Waals surface area (Å²) in [6.07, 6.45) is 12.7. The van der Waals surface area contributed by atoms with Gasteiger partial charge in [0.2, 0.25) is 0 Å². The van der Waals surface area contributed by atoms with Gasteiger partial charge in [-0.15, -0.1) is 0 Å². The highest BCUT2D eigenvalue weighted by atomic mass is 16.5. The predicted octanol–water partition coefficient (Wildman–Crippen LogP) is 3.95. The van der Waals surface area contributed by atoms with Crippen LogP contribution < -0.4 is 0 Å². The Morgan fingerprint density at radius 1 is 0.682 bits per heavy atom. The minimum absolute atomic E-state index is 0.0249. The van der Waals surface area contributed by atoms with Gasteiger partial charge in [0.15, 0.2) is 0 Å². The second-order valence-electron chi connectivity index (χ2n) is 12.2. The van der Waals surface area contributed by atoms with Crippen LogP contribution >= 0.6 is 0 Å². The van der Waals surface area contributed by atoms with Crippen molar-refractivity contribution in [1.29, 1.82) is 0 Å². The average molecular weight is 623 g/mol. The first-order valence-corrected chi connectivity index (χ1v) is 16.2. The van der Waals surface area contributed by atoms with Crippen LogP contribution in [0, 0.1) is 5.92 Å². The van der Waals surface area contributed by atoms with E-state index in [1.54, 1.807) is 26.0 Å². The zero-order valence-corrected chi connectivity index (χ0v) is 26.8. The first-order valence-electron chi connectivity index (χ1n) is 16.2. The van der Waals surface area contributed by atoms with E-state index in [1.807, 2.05) is 42.5 Å². The molecule has 0 unspecified atom stereocenters. The molecule has 1 aliphatic rings. The lowest BCUT2D eigenvalue weighted by Gasteiger charge is -2.26. The first-order chi connectivity index (χ1) is 20.9. The van der Waals surface area contributed by atoms with Gasteiger partial charge < -0.3 is 40.5 Å². The van der Waals surface area contributed by atoms with E-state index >= 15 is 0 Å². The Kier molecular flexibility index (Phi) is 21.1. The average Bonchev–Trinajstić information content (AvgIpc) is 2.92. The first kappa shape index (κ1) is 39.9. The highest BCUT2D eigenvalue weighted by Gasteiger charge is 2.31. The molecule has 9 nitrogen and oxygen atoms in total. The van der Waals surface area contributed by atoms with Gasteiger partial charge >= 0.3 is 5.97 Å². The minimum Gasteiger partial charge on any atom is -0.462 e. The molecule has 9 atom stereocenters. The van der Waals surface area contributed by atoms with Crippen molar-refractivity contribution < 1.29 is 45.3 Å². The molecule has 0 radical (unpaired) electrons. The smallest absolute Gasteiger partial charge is 0.311 e. The largest absolute Gasteiger partial charge is 0.462 e. The van der Waals surface area contributed by atoms with E-state index in [2.05, 4.69) is 6.92 Å². The van der Waals surface area contributed by atoms with Crippen molar-refractivity contribution in [3.05, 3.63) is 60.3 Å². The summed E-state index contributed by atoms with van der Waals surface area (Å²) in [5.74, 6) is -1.32. The lowest BCUT2D eigenvalue weighted by atomic mass is 9.90. The van der Waals surface area contributed by atoms with Crippen LogP contribution in [-0.4, -0.2) is 90.5 Å². The summed E-state index contributed by atoms with van der Waals surface area (Å²) in [5.41, 5.74) is 0.652. The summed E-state index contributed by atoms with van der Waals surface area (Å²) < 4.78 is 5.65. The SMILES string of the molecule is CCCCCC[C@H]1C(=O)O[C@H](C)C/C=C/C=C/C=C/C=C/C=C(\C)[C@@H](O)C[C@H](O)C[C@H](O)C[C@H](O)C[C@H](O)C[C@H](O)C[C@@H]1O. The predicted molar refractivity (Wildman–Crippen MR) is 172 cm³/mol. The Bertz CT molecular complexity index is 925. The maximum Gasteiger partial charge on any atom is 0.311 e. The number of allylic oxidation sites excluding steroid dienone is 8. The van der Waals surface area contributed by atoms with Gasteiger partial charge in [-0.1, -0.05) is 87.3 Å². The third-order valence-corrected chi connectivity index (χ3v) is 7.79. The normalized spacial score (nSPS) is 37.4. The minimum atomic E-state index is -1.16. The molecule has 1 heterocycles. The van der Waals surface area contributed by atoms with Crippen LogP contribution in [-0.2, 0) is 9.53 Å². The molecular weight excluding hydrogens is 564 g/mol. The van der Waals surface area contributed by atoms with Gasteiger partial charge in [-0.25, -0.2) is 0 Å². The molecule has 0 saturated carbocycles. The lowest BCUT2D eigenvalue weighted by Crippen LogP contribution is -2.35. The summed E-state index contributed by atoms with van der Waals surface area (Å²) in [6.45, 7) is 5.62. The van der Waals surface area contributed by atoms with Crippen LogP contribution in [0.5, 0.6) is 0 Å². The maximum atomic E-state index is 13.1. The van der Waals surface area contributed by atoms with Gasteiger partial charge in [-0.2, -0.15) is 0 Å². The molecule has 7 N–H and O–H groups in total. The van der Waals surface area contributed by atoms with Gasteiger partial charge in [0.25, 0.3) is 0 Å². The van der Waals surface area contributed by atoms with Crippen molar-refractivity contribution in [1.82, 2.24) is 0 Å². The summed E-state index contributed by atoms with van der Waals surface area (Å²) in [7, 11) is 0. The molecule has 0 fully saturated rings. The van der Waals surface area contributed by atoms with Gasteiger partial charge in [0.1, 0.15) is 6.10 Å². The fourth-order valence-electron chi connectivity index (χ4n) is 5.20. The molecule has 0 amide bonds. The Morgan fingerprint density at radius 3 is 1.75 bits per heavy atom. The zero-order valence-electron chi connectivity index (χ0n) is 26.8. The second-order valence-corrected chi connectivity index (χ2v) is 12.2. The third-order valence-electron chi connectivity index (χ3n) is 7.79. The van der Waals surface area contributed by atoms with E-state index in [1.165, 1.54) is 0 Å². The number of rotatable bonds is 5. The summed E-state index contributed by atoms with van der Waals surface area (Å²) in [5, 5.41) is 73.5. The number of hydrogen-bond donors (Lipinski definition) is 7. The van der Waals surface area contributed by atoms with Crippen LogP contribution in [0.1, 0.15) is 97.8 Å². The van der Waals surface area contributed by atoms with E-state index in [0.29, 0.717) is 18.4 Å². The molecule has 0 bridgehead atoms. The second kappa shape index (κ2) is 23.3. The van der Waals surface area contributed by atoms with E-state index in [-0.39, 0.29) is 38.5 Å². The number of unbranched alkanes of at least 4 members (excludes halogenated alkanes) is 3. The number of cyclic esters (lactones) is 1. The van der Waals surface area contributed by atoms with Crippen LogP contribution in [0.3, 0.4) is 0 Å². The van der Waals surface area contributed by atoms with Gasteiger partial charge in [-0.05, 0) is 51.5 Å². The molecule has 1 aliphatic heterocycles. The van der Waals surface area contributed by atoms with Crippen molar-refractivity contribution in [2.45, 2.75) is 147 Å². The van der Waals surface area contributed by atoms with E-state index in [0.717, 1.165) is 25.7 Å². The van der Waals surface area contributed by atoms with Crippen molar-refractivity contribution in [3.8, 4) is 0 Å². The Labute approximate surface area is 264 Å². The number of ether oxygens (including phenoxy) is 1. The quantitative estimate of drug-likeness (QED) is 0.177. The molecule has 0 aromatic carbocycles. The summed E-state index contributed by atoms with van der Waals surface area (Å²) >= 11 is 0. The number of esters is 1. The number of hydrogen-bond acceptors (Lipinski definition) is 9. The fourth-order valence-corrected chi connectivity index (χ4v) is 5.20. The monoisotopic (exact) mass is 622 g/mol. The summed E-state index contributed by atoms with van der Waals surface area (Å²) in [4.78, 5) is 13.1. The molecule has 0 aromatic heterocycles. The summed E-state index contributed by atoms with van der Waals surface area (Å²) in [6, 6.07) is 0. The Morgan fingerprint density at radius 2 is 1.18 bits per heavy atom. The van der Waals surface area contributed by atoms with Gasteiger partial charge in [-0.3, -0.25) is 4.79 Å². The molecule has 44 heavy (non-hydrogen) atoms. The Balaban J connectivity index is 3.01. The van der Waals surface area contributed by atoms with E-state index in [9.17, 15) is 40.5 Å². The van der Waals surface area contributed by atoms with Crippen LogP contribution in [0.4, 0.5) is 0 Å².